The lowest BCUT2D eigenvalue weighted by atomic mass is 9.99. The van der Waals surface area contributed by atoms with Gasteiger partial charge in [0.25, 0.3) is 0 Å². The zero-order chi connectivity index (χ0) is 13.7. The molecule has 0 bridgehead atoms. The topological polar surface area (TPSA) is 55.5 Å². The summed E-state index contributed by atoms with van der Waals surface area (Å²) in [6, 6.07) is 15.2. The molecule has 0 heterocycles. The van der Waals surface area contributed by atoms with E-state index in [0.29, 0.717) is 0 Å². The molecule has 2 rings (SSSR count). The van der Waals surface area contributed by atoms with E-state index in [1.807, 2.05) is 36.4 Å². The number of phenols is 1. The standard InChI is InChI=1S/C16H19NO2/c1-19-16-7-3-5-13(11-16)9-14(17)8-12-4-2-6-15(18)10-12/h2-7,10-11,14,18H,8-9,17H2,1H3. The molecule has 0 aliphatic rings. The molecule has 100 valence electrons. The molecule has 0 aromatic heterocycles. The lowest BCUT2D eigenvalue weighted by Crippen LogP contribution is -2.25. The maximum absolute atomic E-state index is 9.43. The van der Waals surface area contributed by atoms with Crippen LogP contribution in [0.15, 0.2) is 48.5 Å². The molecule has 2 aromatic carbocycles. The molecular weight excluding hydrogens is 238 g/mol. The Morgan fingerprint density at radius 3 is 2.32 bits per heavy atom. The van der Waals surface area contributed by atoms with Crippen LogP contribution in [-0.4, -0.2) is 18.3 Å². The minimum Gasteiger partial charge on any atom is -0.508 e. The van der Waals surface area contributed by atoms with E-state index in [9.17, 15) is 5.11 Å². The maximum Gasteiger partial charge on any atom is 0.119 e. The summed E-state index contributed by atoms with van der Waals surface area (Å²) in [4.78, 5) is 0. The number of nitrogens with two attached hydrogens (primary N) is 1. The molecule has 3 N–H and O–H groups in total. The number of rotatable bonds is 5. The quantitative estimate of drug-likeness (QED) is 0.865. The van der Waals surface area contributed by atoms with Crippen molar-refractivity contribution in [3.63, 3.8) is 0 Å². The van der Waals surface area contributed by atoms with Crippen molar-refractivity contribution in [1.82, 2.24) is 0 Å². The summed E-state index contributed by atoms with van der Waals surface area (Å²) in [6.45, 7) is 0. The molecule has 0 aliphatic heterocycles. The van der Waals surface area contributed by atoms with Crippen LogP contribution < -0.4 is 10.5 Å². The van der Waals surface area contributed by atoms with Crippen LogP contribution in [0.2, 0.25) is 0 Å². The van der Waals surface area contributed by atoms with Crippen LogP contribution in [0.5, 0.6) is 11.5 Å². The van der Waals surface area contributed by atoms with Crippen molar-refractivity contribution in [3.8, 4) is 11.5 Å². The first-order valence-corrected chi connectivity index (χ1v) is 6.34. The number of benzene rings is 2. The van der Waals surface area contributed by atoms with Gasteiger partial charge in [-0.1, -0.05) is 24.3 Å². The van der Waals surface area contributed by atoms with E-state index in [-0.39, 0.29) is 11.8 Å². The largest absolute Gasteiger partial charge is 0.508 e. The number of hydrogen-bond acceptors (Lipinski definition) is 3. The number of aromatic hydroxyl groups is 1. The zero-order valence-electron chi connectivity index (χ0n) is 11.0. The molecule has 0 saturated heterocycles. The van der Waals surface area contributed by atoms with Gasteiger partial charge in [-0.2, -0.15) is 0 Å². The summed E-state index contributed by atoms with van der Waals surface area (Å²) in [5.41, 5.74) is 8.37. The van der Waals surface area contributed by atoms with Gasteiger partial charge in [-0.3, -0.25) is 0 Å². The lowest BCUT2D eigenvalue weighted by Gasteiger charge is -2.12. The van der Waals surface area contributed by atoms with Gasteiger partial charge >= 0.3 is 0 Å². The van der Waals surface area contributed by atoms with Crippen molar-refractivity contribution in [1.29, 1.82) is 0 Å². The summed E-state index contributed by atoms with van der Waals surface area (Å²) in [5, 5.41) is 9.43. The van der Waals surface area contributed by atoms with Crippen LogP contribution in [0.3, 0.4) is 0 Å². The Kier molecular flexibility index (Phi) is 4.42. The Hall–Kier alpha value is -2.00. The number of ether oxygens (including phenoxy) is 1. The van der Waals surface area contributed by atoms with Gasteiger partial charge in [-0.05, 0) is 48.2 Å². The summed E-state index contributed by atoms with van der Waals surface area (Å²) in [7, 11) is 1.66. The van der Waals surface area contributed by atoms with Crippen molar-refractivity contribution >= 4 is 0 Å². The highest BCUT2D eigenvalue weighted by atomic mass is 16.5. The fourth-order valence-electron chi connectivity index (χ4n) is 2.16. The van der Waals surface area contributed by atoms with Crippen LogP contribution >= 0.6 is 0 Å². The molecule has 1 unspecified atom stereocenters. The van der Waals surface area contributed by atoms with Crippen molar-refractivity contribution in [3.05, 3.63) is 59.7 Å². The predicted molar refractivity (Wildman–Crippen MR) is 76.5 cm³/mol. The second-order valence-electron chi connectivity index (χ2n) is 4.69. The van der Waals surface area contributed by atoms with Crippen molar-refractivity contribution < 1.29 is 9.84 Å². The zero-order valence-corrected chi connectivity index (χ0v) is 11.0. The van der Waals surface area contributed by atoms with E-state index < -0.39 is 0 Å². The molecule has 0 radical (unpaired) electrons. The highest BCUT2D eigenvalue weighted by Gasteiger charge is 2.07. The first-order chi connectivity index (χ1) is 9.17. The first kappa shape index (κ1) is 13.4. The molecule has 0 fully saturated rings. The fraction of sp³-hybridized carbons (Fsp3) is 0.250. The van der Waals surface area contributed by atoms with Crippen molar-refractivity contribution in [2.45, 2.75) is 18.9 Å². The number of hydrogen-bond donors (Lipinski definition) is 2. The minimum atomic E-state index is 0.0221. The van der Waals surface area contributed by atoms with E-state index in [1.54, 1.807) is 19.2 Å². The minimum absolute atomic E-state index is 0.0221. The average molecular weight is 257 g/mol. The second kappa shape index (κ2) is 6.25. The van der Waals surface area contributed by atoms with Gasteiger partial charge in [-0.25, -0.2) is 0 Å². The van der Waals surface area contributed by atoms with E-state index in [4.69, 9.17) is 10.5 Å². The van der Waals surface area contributed by atoms with Crippen LogP contribution in [0.25, 0.3) is 0 Å². The van der Waals surface area contributed by atoms with Crippen LogP contribution in [-0.2, 0) is 12.8 Å². The van der Waals surface area contributed by atoms with Crippen LogP contribution in [0.1, 0.15) is 11.1 Å². The number of methoxy groups -OCH3 is 1. The molecule has 1 atom stereocenters. The van der Waals surface area contributed by atoms with Crippen molar-refractivity contribution in [2.24, 2.45) is 5.73 Å². The molecular formula is C16H19NO2. The molecule has 0 saturated carbocycles. The SMILES string of the molecule is COc1cccc(CC(N)Cc2cccc(O)c2)c1. The normalized spacial score (nSPS) is 12.1. The van der Waals surface area contributed by atoms with Gasteiger partial charge in [0.15, 0.2) is 0 Å². The molecule has 0 aliphatic carbocycles. The Morgan fingerprint density at radius 1 is 1.05 bits per heavy atom. The second-order valence-corrected chi connectivity index (χ2v) is 4.69. The lowest BCUT2D eigenvalue weighted by molar-refractivity contribution is 0.414. The average Bonchev–Trinajstić information content (AvgIpc) is 2.38. The molecule has 19 heavy (non-hydrogen) atoms. The maximum atomic E-state index is 9.43. The highest BCUT2D eigenvalue weighted by molar-refractivity contribution is 5.30. The van der Waals surface area contributed by atoms with Gasteiger partial charge in [0, 0.05) is 6.04 Å². The van der Waals surface area contributed by atoms with E-state index in [2.05, 4.69) is 0 Å². The van der Waals surface area contributed by atoms with E-state index in [0.717, 1.165) is 29.7 Å². The van der Waals surface area contributed by atoms with Gasteiger partial charge in [0.2, 0.25) is 0 Å². The molecule has 2 aromatic rings. The third-order valence-electron chi connectivity index (χ3n) is 3.04. The summed E-state index contributed by atoms with van der Waals surface area (Å²) in [6.07, 6.45) is 1.53. The Bertz CT molecular complexity index is 540. The van der Waals surface area contributed by atoms with Crippen LogP contribution in [0, 0.1) is 0 Å². The Labute approximate surface area is 113 Å². The molecule has 3 nitrogen and oxygen atoms in total. The highest BCUT2D eigenvalue weighted by Crippen LogP contribution is 2.16. The Morgan fingerprint density at radius 2 is 1.68 bits per heavy atom. The summed E-state index contributed by atoms with van der Waals surface area (Å²) in [5.74, 6) is 1.13. The van der Waals surface area contributed by atoms with Gasteiger partial charge in [0.1, 0.15) is 11.5 Å². The third-order valence-corrected chi connectivity index (χ3v) is 3.04. The van der Waals surface area contributed by atoms with E-state index >= 15 is 0 Å². The van der Waals surface area contributed by atoms with Gasteiger partial charge in [-0.15, -0.1) is 0 Å². The number of phenolic OH excluding ortho intramolecular Hbond substituents is 1. The van der Waals surface area contributed by atoms with Gasteiger partial charge in [0.05, 0.1) is 7.11 Å². The predicted octanol–water partition coefficient (Wildman–Crippen LogP) is 2.51. The van der Waals surface area contributed by atoms with Crippen LogP contribution in [0.4, 0.5) is 0 Å². The van der Waals surface area contributed by atoms with Crippen molar-refractivity contribution in [2.75, 3.05) is 7.11 Å². The monoisotopic (exact) mass is 257 g/mol. The smallest absolute Gasteiger partial charge is 0.119 e. The third kappa shape index (κ3) is 4.00. The first-order valence-electron chi connectivity index (χ1n) is 6.34. The molecule has 0 spiro atoms. The fourth-order valence-corrected chi connectivity index (χ4v) is 2.16. The summed E-state index contributed by atoms with van der Waals surface area (Å²) >= 11 is 0. The summed E-state index contributed by atoms with van der Waals surface area (Å²) < 4.78 is 5.20. The van der Waals surface area contributed by atoms with Gasteiger partial charge < -0.3 is 15.6 Å². The Balaban J connectivity index is 1.98. The molecule has 0 amide bonds. The van der Waals surface area contributed by atoms with E-state index in [1.165, 1.54) is 0 Å². The molecule has 3 heteroatoms.